The Hall–Kier alpha value is -2.88. The molecule has 2 aromatic carbocycles. The second-order valence-electron chi connectivity index (χ2n) is 6.74. The summed E-state index contributed by atoms with van der Waals surface area (Å²) in [6.45, 7) is 0. The van der Waals surface area contributed by atoms with E-state index >= 15 is 0 Å². The summed E-state index contributed by atoms with van der Waals surface area (Å²) in [5.74, 6) is 0. The van der Waals surface area contributed by atoms with Gasteiger partial charge in [0.2, 0.25) is 0 Å². The van der Waals surface area contributed by atoms with Crippen LogP contribution in [0.5, 0.6) is 0 Å². The Labute approximate surface area is 146 Å². The molecular weight excluding hydrogens is 308 g/mol. The highest BCUT2D eigenvalue weighted by Gasteiger charge is 2.21. The van der Waals surface area contributed by atoms with E-state index < -0.39 is 0 Å². The van der Waals surface area contributed by atoms with Crippen LogP contribution in [-0.4, -0.2) is 22.2 Å². The van der Waals surface area contributed by atoms with Gasteiger partial charge < -0.3 is 5.32 Å². The number of pyridine rings is 1. The molecule has 4 nitrogen and oxygen atoms in total. The molecule has 0 unspecified atom stereocenters. The summed E-state index contributed by atoms with van der Waals surface area (Å²) >= 11 is 0. The smallest absolute Gasteiger partial charge is 0.0744 e. The van der Waals surface area contributed by atoms with E-state index in [2.05, 4.69) is 51.9 Å². The van der Waals surface area contributed by atoms with Crippen LogP contribution in [0.2, 0.25) is 0 Å². The first-order valence-corrected chi connectivity index (χ1v) is 8.91. The highest BCUT2D eigenvalue weighted by Crippen LogP contribution is 2.37. The van der Waals surface area contributed by atoms with E-state index in [1.165, 1.54) is 40.3 Å². The van der Waals surface area contributed by atoms with Crippen molar-refractivity contribution >= 4 is 27.5 Å². The lowest BCUT2D eigenvalue weighted by atomic mass is 9.85. The monoisotopic (exact) mass is 328 g/mol. The van der Waals surface area contributed by atoms with E-state index in [1.807, 2.05) is 13.2 Å². The normalized spacial score (nSPS) is 14.0. The second kappa shape index (κ2) is 5.59. The Morgan fingerprint density at radius 1 is 0.960 bits per heavy atom. The summed E-state index contributed by atoms with van der Waals surface area (Å²) in [6, 6.07) is 12.8. The predicted molar refractivity (Wildman–Crippen MR) is 103 cm³/mol. The van der Waals surface area contributed by atoms with Crippen molar-refractivity contribution in [3.63, 3.8) is 0 Å². The zero-order valence-electron chi connectivity index (χ0n) is 14.3. The van der Waals surface area contributed by atoms with Crippen molar-refractivity contribution in [3.05, 3.63) is 53.7 Å². The number of anilines is 1. The van der Waals surface area contributed by atoms with E-state index in [1.54, 1.807) is 0 Å². The molecule has 4 aromatic rings. The number of hydrogen-bond donors (Lipinski definition) is 2. The number of aromatic nitrogens is 3. The zero-order valence-corrected chi connectivity index (χ0v) is 14.3. The van der Waals surface area contributed by atoms with Gasteiger partial charge in [-0.25, -0.2) is 4.98 Å². The molecule has 0 bridgehead atoms. The fourth-order valence-electron chi connectivity index (χ4n) is 4.08. The molecule has 124 valence electrons. The van der Waals surface area contributed by atoms with Crippen molar-refractivity contribution in [1.82, 2.24) is 15.2 Å². The third-order valence-corrected chi connectivity index (χ3v) is 5.34. The molecule has 0 aliphatic heterocycles. The molecule has 5 rings (SSSR count). The number of nitrogens with zero attached hydrogens (tertiary/aromatic N) is 2. The number of aryl methyl sites for hydroxylation is 1. The standard InChI is InChI=1S/C21H20N4/c1-22-14-8-6-13(7-9-14)21-16-5-3-2-4-15(16)20-17-12-23-25-18(17)10-11-19(20)24-21/h6-12,22H,2-5H2,1H3,(H,23,25). The van der Waals surface area contributed by atoms with Crippen molar-refractivity contribution < 1.29 is 0 Å². The molecular formula is C21H20N4. The molecule has 2 heterocycles. The molecule has 0 amide bonds. The minimum Gasteiger partial charge on any atom is -0.388 e. The van der Waals surface area contributed by atoms with Crippen molar-refractivity contribution in [2.24, 2.45) is 0 Å². The Balaban J connectivity index is 1.83. The molecule has 0 saturated carbocycles. The van der Waals surface area contributed by atoms with E-state index in [0.29, 0.717) is 0 Å². The van der Waals surface area contributed by atoms with Gasteiger partial charge in [0.1, 0.15) is 0 Å². The van der Waals surface area contributed by atoms with Gasteiger partial charge in [0.05, 0.1) is 22.9 Å². The van der Waals surface area contributed by atoms with Crippen LogP contribution in [0.4, 0.5) is 5.69 Å². The maximum absolute atomic E-state index is 5.08. The fraction of sp³-hybridized carbons (Fsp3) is 0.238. The minimum atomic E-state index is 1.07. The minimum absolute atomic E-state index is 1.07. The average molecular weight is 328 g/mol. The molecule has 2 N–H and O–H groups in total. The second-order valence-corrected chi connectivity index (χ2v) is 6.74. The first-order valence-electron chi connectivity index (χ1n) is 8.91. The summed E-state index contributed by atoms with van der Waals surface area (Å²) in [7, 11) is 1.95. The first-order chi connectivity index (χ1) is 12.3. The first kappa shape index (κ1) is 14.5. The molecule has 0 spiro atoms. The highest BCUT2D eigenvalue weighted by atomic mass is 15.1. The number of benzene rings is 2. The van der Waals surface area contributed by atoms with Gasteiger partial charge in [0, 0.05) is 29.1 Å². The van der Waals surface area contributed by atoms with Crippen molar-refractivity contribution in [2.75, 3.05) is 12.4 Å². The molecule has 2 aromatic heterocycles. The molecule has 1 aliphatic carbocycles. The van der Waals surface area contributed by atoms with Gasteiger partial charge in [-0.15, -0.1) is 0 Å². The van der Waals surface area contributed by atoms with E-state index in [-0.39, 0.29) is 0 Å². The van der Waals surface area contributed by atoms with Crippen molar-refractivity contribution in [3.8, 4) is 11.3 Å². The van der Waals surface area contributed by atoms with Gasteiger partial charge in [0.15, 0.2) is 0 Å². The largest absolute Gasteiger partial charge is 0.388 e. The van der Waals surface area contributed by atoms with E-state index in [4.69, 9.17) is 4.98 Å². The summed E-state index contributed by atoms with van der Waals surface area (Å²) in [5.41, 5.74) is 8.52. The van der Waals surface area contributed by atoms with Gasteiger partial charge in [-0.05, 0) is 61.1 Å². The molecule has 0 atom stereocenters. The van der Waals surface area contributed by atoms with E-state index in [9.17, 15) is 0 Å². The highest BCUT2D eigenvalue weighted by molar-refractivity contribution is 6.07. The molecule has 25 heavy (non-hydrogen) atoms. The third kappa shape index (κ3) is 2.21. The van der Waals surface area contributed by atoms with Gasteiger partial charge in [-0.1, -0.05) is 12.1 Å². The molecule has 0 radical (unpaired) electrons. The van der Waals surface area contributed by atoms with Crippen LogP contribution in [0.1, 0.15) is 24.0 Å². The van der Waals surface area contributed by atoms with Crippen molar-refractivity contribution in [2.45, 2.75) is 25.7 Å². The van der Waals surface area contributed by atoms with Crippen LogP contribution in [0, 0.1) is 0 Å². The Morgan fingerprint density at radius 3 is 2.56 bits per heavy atom. The summed E-state index contributed by atoms with van der Waals surface area (Å²) in [6.07, 6.45) is 6.66. The third-order valence-electron chi connectivity index (χ3n) is 5.34. The number of hydrogen-bond acceptors (Lipinski definition) is 3. The summed E-state index contributed by atoms with van der Waals surface area (Å²) < 4.78 is 0. The fourth-order valence-corrected chi connectivity index (χ4v) is 4.08. The van der Waals surface area contributed by atoms with Crippen LogP contribution in [-0.2, 0) is 12.8 Å². The van der Waals surface area contributed by atoms with Gasteiger partial charge >= 0.3 is 0 Å². The topological polar surface area (TPSA) is 53.6 Å². The van der Waals surface area contributed by atoms with Crippen LogP contribution in [0.25, 0.3) is 33.1 Å². The Morgan fingerprint density at radius 2 is 1.76 bits per heavy atom. The SMILES string of the molecule is CNc1ccc(-c2nc3ccc4[nH]ncc4c3c3c2CCCC3)cc1. The molecule has 0 fully saturated rings. The van der Waals surface area contributed by atoms with Crippen LogP contribution in [0.15, 0.2) is 42.6 Å². The number of fused-ring (bicyclic) bond motifs is 5. The maximum atomic E-state index is 5.08. The Bertz CT molecular complexity index is 1080. The molecule has 1 aliphatic rings. The number of H-pyrrole nitrogens is 1. The predicted octanol–water partition coefficient (Wildman–Crippen LogP) is 4.70. The number of nitrogens with one attached hydrogen (secondary N) is 2. The van der Waals surface area contributed by atoms with Crippen LogP contribution < -0.4 is 5.32 Å². The van der Waals surface area contributed by atoms with Crippen LogP contribution in [0.3, 0.4) is 0 Å². The molecule has 4 heteroatoms. The van der Waals surface area contributed by atoms with Crippen LogP contribution >= 0.6 is 0 Å². The number of aromatic amines is 1. The van der Waals surface area contributed by atoms with E-state index in [0.717, 1.165) is 35.3 Å². The van der Waals surface area contributed by atoms with Crippen molar-refractivity contribution in [1.29, 1.82) is 0 Å². The van der Waals surface area contributed by atoms with Gasteiger partial charge in [-0.3, -0.25) is 5.10 Å². The Kier molecular flexibility index (Phi) is 3.23. The van der Waals surface area contributed by atoms with Gasteiger partial charge in [0.25, 0.3) is 0 Å². The lowest BCUT2D eigenvalue weighted by molar-refractivity contribution is 0.689. The average Bonchev–Trinajstić information content (AvgIpc) is 3.16. The lowest BCUT2D eigenvalue weighted by Gasteiger charge is -2.22. The van der Waals surface area contributed by atoms with Gasteiger partial charge in [-0.2, -0.15) is 5.10 Å². The maximum Gasteiger partial charge on any atom is 0.0744 e. The summed E-state index contributed by atoms with van der Waals surface area (Å²) in [5, 5.41) is 13.0. The summed E-state index contributed by atoms with van der Waals surface area (Å²) in [4.78, 5) is 5.08. The number of rotatable bonds is 2. The molecule has 0 saturated heterocycles. The lowest BCUT2D eigenvalue weighted by Crippen LogP contribution is -2.07. The zero-order chi connectivity index (χ0) is 16.8. The quantitative estimate of drug-likeness (QED) is 0.561.